The molecule has 0 radical (unpaired) electrons. The summed E-state index contributed by atoms with van der Waals surface area (Å²) in [6.07, 6.45) is 4.09. The van der Waals surface area contributed by atoms with Gasteiger partial charge in [0.2, 0.25) is 0 Å². The molecule has 0 saturated heterocycles. The summed E-state index contributed by atoms with van der Waals surface area (Å²) >= 11 is 0. The van der Waals surface area contributed by atoms with Crippen LogP contribution < -0.4 is 14.8 Å². The average Bonchev–Trinajstić information content (AvgIpc) is 3.53. The molecule has 1 N–H and O–H groups in total. The standard InChI is InChI=1S/C23H24N2O2/c1-26-21-11-9-19(10-12-21)23(13-14-23)25-16-18-6-2-3-8-22(18)27-17-20-7-4-5-15-24-20/h2-12,15,25H,13-14,16-17H2,1H3. The van der Waals surface area contributed by atoms with Crippen LogP contribution in [-0.4, -0.2) is 12.1 Å². The number of aromatic nitrogens is 1. The molecular weight excluding hydrogens is 336 g/mol. The second kappa shape index (κ2) is 7.80. The number of pyridine rings is 1. The average molecular weight is 360 g/mol. The highest BCUT2D eigenvalue weighted by molar-refractivity contribution is 5.37. The highest BCUT2D eigenvalue weighted by atomic mass is 16.5. The summed E-state index contributed by atoms with van der Waals surface area (Å²) in [6.45, 7) is 1.24. The fourth-order valence-corrected chi connectivity index (χ4v) is 3.29. The third-order valence-corrected chi connectivity index (χ3v) is 5.08. The van der Waals surface area contributed by atoms with E-state index >= 15 is 0 Å². The zero-order chi connectivity index (χ0) is 18.5. The van der Waals surface area contributed by atoms with Gasteiger partial charge in [0.05, 0.1) is 12.8 Å². The molecule has 0 amide bonds. The van der Waals surface area contributed by atoms with Gasteiger partial charge in [0.25, 0.3) is 0 Å². The highest BCUT2D eigenvalue weighted by Crippen LogP contribution is 2.46. The lowest BCUT2D eigenvalue weighted by Crippen LogP contribution is -2.28. The van der Waals surface area contributed by atoms with Crippen LogP contribution in [0.25, 0.3) is 0 Å². The van der Waals surface area contributed by atoms with Crippen LogP contribution in [0.2, 0.25) is 0 Å². The van der Waals surface area contributed by atoms with Crippen molar-refractivity contribution < 1.29 is 9.47 Å². The number of benzene rings is 2. The lowest BCUT2D eigenvalue weighted by atomic mass is 10.0. The molecule has 4 rings (SSSR count). The Hall–Kier alpha value is -2.85. The quantitative estimate of drug-likeness (QED) is 0.645. The summed E-state index contributed by atoms with van der Waals surface area (Å²) in [7, 11) is 1.70. The van der Waals surface area contributed by atoms with Gasteiger partial charge >= 0.3 is 0 Å². The normalized spacial score (nSPS) is 14.6. The van der Waals surface area contributed by atoms with Crippen molar-refractivity contribution >= 4 is 0 Å². The Balaban J connectivity index is 1.42. The fraction of sp³-hybridized carbons (Fsp3) is 0.261. The van der Waals surface area contributed by atoms with E-state index in [9.17, 15) is 0 Å². The van der Waals surface area contributed by atoms with E-state index in [0.717, 1.165) is 42.1 Å². The number of ether oxygens (including phenoxy) is 2. The van der Waals surface area contributed by atoms with E-state index in [2.05, 4.69) is 34.6 Å². The Morgan fingerprint density at radius 1 is 0.963 bits per heavy atom. The van der Waals surface area contributed by atoms with E-state index in [4.69, 9.17) is 9.47 Å². The maximum Gasteiger partial charge on any atom is 0.130 e. The third kappa shape index (κ3) is 4.12. The van der Waals surface area contributed by atoms with Crippen molar-refractivity contribution in [2.24, 2.45) is 0 Å². The lowest BCUT2D eigenvalue weighted by Gasteiger charge is -2.20. The van der Waals surface area contributed by atoms with Gasteiger partial charge in [0.1, 0.15) is 18.1 Å². The molecule has 0 unspecified atom stereocenters. The summed E-state index contributed by atoms with van der Waals surface area (Å²) in [4.78, 5) is 4.32. The molecule has 1 heterocycles. The van der Waals surface area contributed by atoms with Gasteiger partial charge in [0, 0.05) is 23.8 Å². The van der Waals surface area contributed by atoms with Gasteiger partial charge in [0.15, 0.2) is 0 Å². The zero-order valence-electron chi connectivity index (χ0n) is 15.5. The van der Waals surface area contributed by atoms with Crippen molar-refractivity contribution in [3.05, 3.63) is 89.7 Å². The first kappa shape index (κ1) is 17.6. The van der Waals surface area contributed by atoms with Crippen LogP contribution in [0.1, 0.15) is 29.7 Å². The summed E-state index contributed by atoms with van der Waals surface area (Å²) in [6, 6.07) is 22.4. The topological polar surface area (TPSA) is 43.4 Å². The molecule has 1 aliphatic rings. The molecule has 1 saturated carbocycles. The molecular formula is C23H24N2O2. The molecule has 1 aliphatic carbocycles. The summed E-state index contributed by atoms with van der Waals surface area (Å²) in [5, 5.41) is 3.74. The smallest absolute Gasteiger partial charge is 0.130 e. The molecule has 0 spiro atoms. The van der Waals surface area contributed by atoms with E-state index in [1.165, 1.54) is 5.56 Å². The van der Waals surface area contributed by atoms with Crippen molar-refractivity contribution in [3.8, 4) is 11.5 Å². The molecule has 4 nitrogen and oxygen atoms in total. The first-order valence-electron chi connectivity index (χ1n) is 9.29. The van der Waals surface area contributed by atoms with Crippen molar-refractivity contribution in [1.29, 1.82) is 0 Å². The monoisotopic (exact) mass is 360 g/mol. The molecule has 4 heteroatoms. The first-order chi connectivity index (χ1) is 13.3. The lowest BCUT2D eigenvalue weighted by molar-refractivity contribution is 0.296. The van der Waals surface area contributed by atoms with Crippen LogP contribution >= 0.6 is 0 Å². The molecule has 0 atom stereocenters. The van der Waals surface area contributed by atoms with E-state index in [-0.39, 0.29) is 5.54 Å². The van der Waals surface area contributed by atoms with E-state index in [1.54, 1.807) is 13.3 Å². The molecule has 1 aromatic heterocycles. The second-order valence-corrected chi connectivity index (χ2v) is 6.88. The van der Waals surface area contributed by atoms with Crippen LogP contribution in [0.5, 0.6) is 11.5 Å². The van der Waals surface area contributed by atoms with Crippen LogP contribution in [0, 0.1) is 0 Å². The van der Waals surface area contributed by atoms with Crippen LogP contribution in [0.3, 0.4) is 0 Å². The van der Waals surface area contributed by atoms with Gasteiger partial charge in [-0.3, -0.25) is 4.98 Å². The van der Waals surface area contributed by atoms with Gasteiger partial charge in [-0.05, 0) is 48.7 Å². The zero-order valence-corrected chi connectivity index (χ0v) is 15.5. The Kier molecular flexibility index (Phi) is 5.07. The van der Waals surface area contributed by atoms with Crippen molar-refractivity contribution in [1.82, 2.24) is 10.3 Å². The van der Waals surface area contributed by atoms with Crippen LogP contribution in [0.4, 0.5) is 0 Å². The number of hydrogen-bond acceptors (Lipinski definition) is 4. The SMILES string of the molecule is COc1ccc(C2(NCc3ccccc3OCc3ccccn3)CC2)cc1. The fourth-order valence-electron chi connectivity index (χ4n) is 3.29. The van der Waals surface area contributed by atoms with E-state index < -0.39 is 0 Å². The molecule has 27 heavy (non-hydrogen) atoms. The minimum absolute atomic E-state index is 0.0698. The van der Waals surface area contributed by atoms with Crippen molar-refractivity contribution in [2.75, 3.05) is 7.11 Å². The Bertz CT molecular complexity index is 874. The molecule has 138 valence electrons. The molecule has 0 bridgehead atoms. The number of methoxy groups -OCH3 is 1. The highest BCUT2D eigenvalue weighted by Gasteiger charge is 2.43. The predicted molar refractivity (Wildman–Crippen MR) is 106 cm³/mol. The number of nitrogens with zero attached hydrogens (tertiary/aromatic N) is 1. The molecule has 0 aliphatic heterocycles. The molecule has 3 aromatic rings. The summed E-state index contributed by atoms with van der Waals surface area (Å²) in [5.74, 6) is 1.80. The molecule has 1 fully saturated rings. The molecule has 2 aromatic carbocycles. The number of rotatable bonds is 8. The largest absolute Gasteiger partial charge is 0.497 e. The number of nitrogens with one attached hydrogen (secondary N) is 1. The Morgan fingerprint density at radius 2 is 1.74 bits per heavy atom. The van der Waals surface area contributed by atoms with Crippen molar-refractivity contribution in [2.45, 2.75) is 31.5 Å². The van der Waals surface area contributed by atoms with E-state index in [1.807, 2.05) is 42.5 Å². The first-order valence-corrected chi connectivity index (χ1v) is 9.29. The van der Waals surface area contributed by atoms with Gasteiger partial charge < -0.3 is 14.8 Å². The van der Waals surface area contributed by atoms with Gasteiger partial charge in [-0.2, -0.15) is 0 Å². The van der Waals surface area contributed by atoms with Crippen LogP contribution in [0.15, 0.2) is 72.9 Å². The third-order valence-electron chi connectivity index (χ3n) is 5.08. The Morgan fingerprint density at radius 3 is 2.44 bits per heavy atom. The van der Waals surface area contributed by atoms with Gasteiger partial charge in [-0.15, -0.1) is 0 Å². The summed E-state index contributed by atoms with van der Waals surface area (Å²) in [5.41, 5.74) is 3.47. The van der Waals surface area contributed by atoms with E-state index in [0.29, 0.717) is 6.61 Å². The van der Waals surface area contributed by atoms with Gasteiger partial charge in [-0.25, -0.2) is 0 Å². The van der Waals surface area contributed by atoms with Gasteiger partial charge in [-0.1, -0.05) is 36.4 Å². The predicted octanol–water partition coefficient (Wildman–Crippen LogP) is 4.45. The van der Waals surface area contributed by atoms with Crippen molar-refractivity contribution in [3.63, 3.8) is 0 Å². The minimum Gasteiger partial charge on any atom is -0.497 e. The maximum atomic E-state index is 6.03. The second-order valence-electron chi connectivity index (χ2n) is 6.88. The number of para-hydroxylation sites is 1. The number of hydrogen-bond donors (Lipinski definition) is 1. The Labute approximate surface area is 160 Å². The van der Waals surface area contributed by atoms with Crippen LogP contribution in [-0.2, 0) is 18.7 Å². The maximum absolute atomic E-state index is 6.03. The minimum atomic E-state index is 0.0698. The summed E-state index contributed by atoms with van der Waals surface area (Å²) < 4.78 is 11.3.